The van der Waals surface area contributed by atoms with Gasteiger partial charge in [-0.2, -0.15) is 0 Å². The van der Waals surface area contributed by atoms with Crippen molar-refractivity contribution in [1.29, 1.82) is 0 Å². The zero-order valence-corrected chi connectivity index (χ0v) is 53.5. The van der Waals surface area contributed by atoms with E-state index in [0.29, 0.717) is 72.7 Å². The number of esters is 4. The van der Waals surface area contributed by atoms with E-state index in [2.05, 4.69) is 32.6 Å². The van der Waals surface area contributed by atoms with Crippen LogP contribution in [-0.2, 0) is 99.3 Å². The molecule has 2 aromatic carbocycles. The summed E-state index contributed by atoms with van der Waals surface area (Å²) in [6.45, 7) is 20.6. The fourth-order valence-electron chi connectivity index (χ4n) is 8.38. The summed E-state index contributed by atoms with van der Waals surface area (Å²) in [5.74, 6) is -0.418. The van der Waals surface area contributed by atoms with Crippen LogP contribution in [0.4, 0.5) is 11.4 Å². The van der Waals surface area contributed by atoms with Crippen LogP contribution in [0.3, 0.4) is 0 Å². The molecule has 2 heterocycles. The molecule has 2 aromatic rings. The summed E-state index contributed by atoms with van der Waals surface area (Å²) in [4.78, 5) is 87.7. The lowest BCUT2D eigenvalue weighted by Crippen LogP contribution is -2.32. The molecule has 2 saturated heterocycles. The fourth-order valence-corrected chi connectivity index (χ4v) is 8.38. The van der Waals surface area contributed by atoms with Crippen LogP contribution in [0.5, 0.6) is 23.0 Å². The van der Waals surface area contributed by atoms with Crippen LogP contribution in [0, 0.1) is 31.1 Å². The van der Waals surface area contributed by atoms with Gasteiger partial charge < -0.3 is 66.3 Å². The first-order valence-electron chi connectivity index (χ1n) is 29.5. The Morgan fingerprint density at radius 1 is 0.551 bits per heavy atom. The molecular weight excluding hydrogens is 1180 g/mol. The predicted octanol–water partition coefficient (Wildman–Crippen LogP) is 9.55. The van der Waals surface area contributed by atoms with E-state index in [1.807, 2.05) is 27.7 Å². The van der Waals surface area contributed by atoms with Gasteiger partial charge in [0, 0.05) is 24.4 Å². The van der Waals surface area contributed by atoms with Crippen molar-refractivity contribution in [3.05, 3.63) is 79.9 Å². The van der Waals surface area contributed by atoms with Gasteiger partial charge in [0.2, 0.25) is 0 Å². The molecule has 0 saturated carbocycles. The van der Waals surface area contributed by atoms with Crippen molar-refractivity contribution in [2.45, 2.75) is 138 Å². The van der Waals surface area contributed by atoms with Gasteiger partial charge in [0.1, 0.15) is 52.9 Å². The lowest BCUT2D eigenvalue weighted by molar-refractivity contribution is -0.386. The molecule has 3 unspecified atom stereocenters. The highest BCUT2D eigenvalue weighted by Crippen LogP contribution is 2.38. The van der Waals surface area contributed by atoms with Gasteiger partial charge in [0.25, 0.3) is 11.4 Å². The third kappa shape index (κ3) is 31.6. The molecule has 3 atom stereocenters. The van der Waals surface area contributed by atoms with Crippen LogP contribution < -0.4 is 18.9 Å². The molecule has 2 aliphatic rings. The van der Waals surface area contributed by atoms with Gasteiger partial charge in [-0.05, 0) is 105 Å². The molecule has 0 aliphatic carbocycles. The quantitative estimate of drug-likeness (QED) is 0.0113. The number of hydrogen-bond acceptors (Lipinski definition) is 26. The summed E-state index contributed by atoms with van der Waals surface area (Å²) in [7, 11) is 5.69. The van der Waals surface area contributed by atoms with Crippen LogP contribution >= 0.6 is 0 Å². The molecule has 2 fully saturated rings. The number of ether oxygens (including phenoxy) is 14. The van der Waals surface area contributed by atoms with E-state index >= 15 is 0 Å². The average molecular weight is 1270 g/mol. The summed E-state index contributed by atoms with van der Waals surface area (Å²) in [5.41, 5.74) is -0.255. The number of hydrogen-bond donors (Lipinski definition) is 0. The third-order valence-electron chi connectivity index (χ3n) is 13.3. The number of carbonyl (C=O) groups is 4. The lowest BCUT2D eigenvalue weighted by atomic mass is 9.78. The molecular formula is C61H94N2O26. The third-order valence-corrected chi connectivity index (χ3v) is 13.3. The SMILES string of the molecule is C=C(C)C(=O)OCCOCCOc1cc([N+](=O)[O-])c(COC2CCCCO2)cc1OC.C=C(C)C(=O)OCCOOC.CCCC(C)(CCCC(C)(C)C(=O)OCCOCCOc1cc([N+](=O)[O-])c(COC2CCCCO2)cc1OC)C(=O)OCCOOC. The van der Waals surface area contributed by atoms with Crippen LogP contribution in [-0.4, -0.2) is 167 Å². The van der Waals surface area contributed by atoms with E-state index in [9.17, 15) is 39.4 Å². The highest BCUT2D eigenvalue weighted by Gasteiger charge is 2.36. The van der Waals surface area contributed by atoms with E-state index < -0.39 is 32.6 Å². The first kappa shape index (κ1) is 78.5. The van der Waals surface area contributed by atoms with E-state index in [4.69, 9.17) is 66.5 Å². The van der Waals surface area contributed by atoms with Gasteiger partial charge in [0.15, 0.2) is 35.6 Å². The molecule has 0 aromatic heterocycles. The molecule has 0 radical (unpaired) electrons. The van der Waals surface area contributed by atoms with Crippen molar-refractivity contribution in [1.82, 2.24) is 0 Å². The molecule has 2 aliphatic heterocycles. The van der Waals surface area contributed by atoms with Crippen LogP contribution in [0.15, 0.2) is 48.6 Å². The number of nitro benzene ring substituents is 2. The minimum Gasteiger partial charge on any atom is -0.493 e. The number of benzene rings is 2. The van der Waals surface area contributed by atoms with Crippen LogP contribution in [0.25, 0.3) is 0 Å². The maximum Gasteiger partial charge on any atom is 0.333 e. The zero-order valence-electron chi connectivity index (χ0n) is 53.5. The number of rotatable bonds is 42. The van der Waals surface area contributed by atoms with Crippen molar-refractivity contribution < 1.29 is 115 Å². The van der Waals surface area contributed by atoms with Crippen molar-refractivity contribution >= 4 is 35.3 Å². The normalized spacial score (nSPS) is 15.3. The van der Waals surface area contributed by atoms with Gasteiger partial charge in [-0.3, -0.25) is 29.8 Å². The maximum atomic E-state index is 12.8. The van der Waals surface area contributed by atoms with Gasteiger partial charge in [-0.25, -0.2) is 29.1 Å². The second-order valence-electron chi connectivity index (χ2n) is 21.0. The first-order valence-corrected chi connectivity index (χ1v) is 29.5. The van der Waals surface area contributed by atoms with Crippen molar-refractivity contribution in [2.24, 2.45) is 10.8 Å². The van der Waals surface area contributed by atoms with E-state index in [1.165, 1.54) is 52.7 Å². The van der Waals surface area contributed by atoms with E-state index in [-0.39, 0.29) is 140 Å². The minimum absolute atomic E-state index is 0.00894. The minimum atomic E-state index is -0.752. The monoisotopic (exact) mass is 1270 g/mol. The zero-order chi connectivity index (χ0) is 66.0. The van der Waals surface area contributed by atoms with E-state index in [0.717, 1.165) is 44.9 Å². The van der Waals surface area contributed by atoms with Crippen LogP contribution in [0.2, 0.25) is 0 Å². The van der Waals surface area contributed by atoms with Crippen LogP contribution in [0.1, 0.15) is 123 Å². The number of methoxy groups -OCH3 is 2. The fraction of sp³-hybridized carbons (Fsp3) is 0.672. The Kier molecular flexibility index (Phi) is 39.5. The molecule has 0 spiro atoms. The highest BCUT2D eigenvalue weighted by atomic mass is 17.2. The standard InChI is InChI=1S/C33H53NO13.C21H29NO9.C7H12O4/c1-7-12-33(4,31(36)45-20-21-47-40-6)14-10-13-32(2,3)30(35)44-19-17-41-16-18-42-28-23-26(34(37)38)25(22-27(28)39-5)24-46-29-11-8-9-15-43-29;1-15(2)21(23)30-11-9-27-8-10-28-19-13-17(22(24)25)16(12-18(19)26-3)14-31-20-6-4-5-7-29-20;1-6(2)7(8)10-4-5-11-9-3/h22-23,29H,7-21,24H2,1-6H3;12-13,20H,1,4-11,14H2,2-3H3;1,4-5H2,2-3H3. The summed E-state index contributed by atoms with van der Waals surface area (Å²) < 4.78 is 75.8. The van der Waals surface area contributed by atoms with Crippen molar-refractivity contribution in [3.63, 3.8) is 0 Å². The Hall–Kier alpha value is -6.60. The van der Waals surface area contributed by atoms with Gasteiger partial charge >= 0.3 is 23.9 Å². The summed E-state index contributed by atoms with van der Waals surface area (Å²) in [6.07, 6.45) is 7.95. The Bertz CT molecular complexity index is 2460. The van der Waals surface area contributed by atoms with Gasteiger partial charge in [-0.1, -0.05) is 32.9 Å². The summed E-state index contributed by atoms with van der Waals surface area (Å²) in [5, 5.41) is 23.3. The number of nitro groups is 2. The second kappa shape index (κ2) is 44.8. The molecule has 4 rings (SSSR count). The molecule has 28 heteroatoms. The lowest BCUT2D eigenvalue weighted by Gasteiger charge is -2.29. The Balaban J connectivity index is 0.000000547. The molecule has 0 amide bonds. The molecule has 0 bridgehead atoms. The van der Waals surface area contributed by atoms with Crippen molar-refractivity contribution in [2.75, 3.05) is 121 Å². The Morgan fingerprint density at radius 2 is 0.966 bits per heavy atom. The number of nitrogens with zero attached hydrogens (tertiary/aromatic N) is 2. The second-order valence-corrected chi connectivity index (χ2v) is 21.0. The Morgan fingerprint density at radius 3 is 1.36 bits per heavy atom. The van der Waals surface area contributed by atoms with Gasteiger partial charge in [0.05, 0.1) is 112 Å². The molecule has 0 N–H and O–H groups in total. The average Bonchev–Trinajstić information content (AvgIpc) is 3.45. The van der Waals surface area contributed by atoms with Gasteiger partial charge in [-0.15, -0.1) is 0 Å². The molecule has 28 nitrogen and oxygen atoms in total. The smallest absolute Gasteiger partial charge is 0.333 e. The highest BCUT2D eigenvalue weighted by molar-refractivity contribution is 5.87. The summed E-state index contributed by atoms with van der Waals surface area (Å²) in [6, 6.07) is 5.70. The number of carbonyl (C=O) groups excluding carboxylic acids is 4. The maximum absolute atomic E-state index is 12.8. The summed E-state index contributed by atoms with van der Waals surface area (Å²) >= 11 is 0. The largest absolute Gasteiger partial charge is 0.493 e. The van der Waals surface area contributed by atoms with E-state index in [1.54, 1.807) is 13.8 Å². The van der Waals surface area contributed by atoms with Crippen molar-refractivity contribution in [3.8, 4) is 23.0 Å². The topological polar surface area (TPSA) is 321 Å². The predicted molar refractivity (Wildman–Crippen MR) is 319 cm³/mol. The first-order chi connectivity index (χ1) is 42.6. The Labute approximate surface area is 521 Å². The molecule has 89 heavy (non-hydrogen) atoms. The molecule has 504 valence electrons.